The van der Waals surface area contributed by atoms with Crippen molar-refractivity contribution in [2.75, 3.05) is 13.6 Å². The van der Waals surface area contributed by atoms with Gasteiger partial charge in [-0.1, -0.05) is 72.1 Å². The maximum absolute atomic E-state index is 12.4. The lowest BCUT2D eigenvalue weighted by Crippen LogP contribution is -2.57. The first-order valence-electron chi connectivity index (χ1n) is 16.6. The minimum absolute atomic E-state index is 0.113. The number of aliphatic hydroxyl groups is 1. The predicted octanol–water partition coefficient (Wildman–Crippen LogP) is 7.95. The highest BCUT2D eigenvalue weighted by Gasteiger charge is 2.62. The van der Waals surface area contributed by atoms with Gasteiger partial charge in [0.15, 0.2) is 0 Å². The van der Waals surface area contributed by atoms with Gasteiger partial charge in [-0.2, -0.15) is 0 Å². The molecule has 0 radical (unpaired) electrons. The largest absolute Gasteiger partial charge is 0.393 e. The zero-order valence-corrected chi connectivity index (χ0v) is 25.3. The van der Waals surface area contributed by atoms with Crippen LogP contribution in [0.1, 0.15) is 143 Å². The lowest BCUT2D eigenvalue weighted by Gasteiger charge is -2.62. The molecule has 0 unspecified atom stereocenters. The van der Waals surface area contributed by atoms with Crippen molar-refractivity contribution in [3.63, 3.8) is 0 Å². The lowest BCUT2D eigenvalue weighted by molar-refractivity contribution is -0.159. The third-order valence-corrected chi connectivity index (χ3v) is 12.2. The molecule has 0 bridgehead atoms. The van der Waals surface area contributed by atoms with E-state index in [-0.39, 0.29) is 11.5 Å². The molecule has 4 saturated carbocycles. The number of aliphatic hydroxyl groups excluding tert-OH is 1. The predicted molar refractivity (Wildman–Crippen MR) is 156 cm³/mol. The van der Waals surface area contributed by atoms with Gasteiger partial charge in [-0.3, -0.25) is 9.59 Å². The molecular formula is C34H59NO3. The van der Waals surface area contributed by atoms with E-state index in [1.807, 2.05) is 11.9 Å². The van der Waals surface area contributed by atoms with Crippen molar-refractivity contribution in [1.29, 1.82) is 0 Å². The number of nitrogens with zero attached hydrogens (tertiary/aromatic N) is 1. The molecule has 0 aromatic carbocycles. The molecule has 1 amide bonds. The second-order valence-corrected chi connectivity index (χ2v) is 14.6. The Morgan fingerprint density at radius 1 is 0.947 bits per heavy atom. The Bertz CT molecular complexity index is 797. The number of carbonyl (C=O) groups is 2. The van der Waals surface area contributed by atoms with E-state index in [1.165, 1.54) is 70.6 Å². The number of hydrogen-bond donors (Lipinski definition) is 1. The van der Waals surface area contributed by atoms with E-state index in [1.54, 1.807) is 0 Å². The Kier molecular flexibility index (Phi) is 10.4. The Morgan fingerprint density at radius 2 is 1.66 bits per heavy atom. The maximum atomic E-state index is 12.4. The molecule has 4 aliphatic carbocycles. The first kappa shape index (κ1) is 30.1. The van der Waals surface area contributed by atoms with E-state index in [0.717, 1.165) is 63.3 Å². The number of hydrogen-bond acceptors (Lipinski definition) is 3. The van der Waals surface area contributed by atoms with Gasteiger partial charge in [0.2, 0.25) is 5.91 Å². The molecule has 0 saturated heterocycles. The minimum Gasteiger partial charge on any atom is -0.393 e. The zero-order valence-electron chi connectivity index (χ0n) is 25.3. The number of rotatable bonds is 13. The highest BCUT2D eigenvalue weighted by atomic mass is 16.3. The quantitative estimate of drug-likeness (QED) is 0.246. The zero-order chi connectivity index (χ0) is 27.3. The van der Waals surface area contributed by atoms with Crippen LogP contribution in [-0.4, -0.2) is 41.4 Å². The van der Waals surface area contributed by atoms with Gasteiger partial charge >= 0.3 is 0 Å². The van der Waals surface area contributed by atoms with Crippen LogP contribution in [0.25, 0.3) is 0 Å². The van der Waals surface area contributed by atoms with Gasteiger partial charge in [-0.25, -0.2) is 0 Å². The van der Waals surface area contributed by atoms with Crippen molar-refractivity contribution in [2.45, 2.75) is 149 Å². The number of amides is 1. The molecule has 0 aliphatic heterocycles. The number of carbonyl (C=O) groups excluding carboxylic acids is 2. The smallest absolute Gasteiger partial charge is 0.222 e. The van der Waals surface area contributed by atoms with Gasteiger partial charge in [0.05, 0.1) is 6.10 Å². The summed E-state index contributed by atoms with van der Waals surface area (Å²) in [6.07, 6.45) is 21.5. The van der Waals surface area contributed by atoms with Gasteiger partial charge in [-0.05, 0) is 91.8 Å². The summed E-state index contributed by atoms with van der Waals surface area (Å²) in [6, 6.07) is 0. The van der Waals surface area contributed by atoms with Gasteiger partial charge < -0.3 is 10.0 Å². The SMILES string of the molecule is CCCCN(C)C(=O)CCCCCCCCC[C@H]1C[C@]2(C)[C@@H](O)CC[C@H]2[C@@H]2CC[C@H]3CC(=O)CC[C@]3(C)[C@@H]12. The van der Waals surface area contributed by atoms with Crippen molar-refractivity contribution in [1.82, 2.24) is 4.90 Å². The molecule has 4 aliphatic rings. The first-order valence-corrected chi connectivity index (χ1v) is 16.6. The van der Waals surface area contributed by atoms with Crippen LogP contribution in [-0.2, 0) is 9.59 Å². The fourth-order valence-electron chi connectivity index (χ4n) is 9.98. The summed E-state index contributed by atoms with van der Waals surface area (Å²) in [4.78, 5) is 26.5. The van der Waals surface area contributed by atoms with Gasteiger partial charge in [-0.15, -0.1) is 0 Å². The number of Topliss-reactive ketones (excluding diaryl/α,β-unsaturated/α-hetero) is 1. The van der Waals surface area contributed by atoms with Crippen LogP contribution < -0.4 is 0 Å². The Balaban J connectivity index is 1.23. The van der Waals surface area contributed by atoms with Gasteiger partial charge in [0.1, 0.15) is 5.78 Å². The van der Waals surface area contributed by atoms with E-state index in [4.69, 9.17) is 0 Å². The Labute approximate surface area is 234 Å². The van der Waals surface area contributed by atoms with Crippen molar-refractivity contribution < 1.29 is 14.7 Å². The van der Waals surface area contributed by atoms with Crippen LogP contribution in [0, 0.1) is 40.4 Å². The standard InChI is InChI=1S/C34H59NO3/c1-5-6-22-35(4)31(38)15-13-11-9-7-8-10-12-14-25-24-34(3)29(18-19-30(34)37)28-17-16-26-23-27(36)20-21-33(26,2)32(25)28/h25-26,28-30,32,37H,5-24H2,1-4H3/t25-,26-,28-,29-,30-,32-,33-,34-/m0/s1. The molecule has 4 fully saturated rings. The van der Waals surface area contributed by atoms with E-state index >= 15 is 0 Å². The second-order valence-electron chi connectivity index (χ2n) is 14.6. The molecule has 0 aromatic heterocycles. The summed E-state index contributed by atoms with van der Waals surface area (Å²) >= 11 is 0. The number of ketones is 1. The second kappa shape index (κ2) is 13.2. The van der Waals surface area contributed by atoms with Crippen LogP contribution in [0.4, 0.5) is 0 Å². The van der Waals surface area contributed by atoms with E-state index < -0.39 is 0 Å². The molecule has 8 atom stereocenters. The van der Waals surface area contributed by atoms with E-state index in [2.05, 4.69) is 20.8 Å². The fraction of sp³-hybridized carbons (Fsp3) is 0.941. The van der Waals surface area contributed by atoms with Crippen molar-refractivity contribution in [3.8, 4) is 0 Å². The Hall–Kier alpha value is -0.900. The molecule has 4 rings (SSSR count). The van der Waals surface area contributed by atoms with E-state index in [0.29, 0.717) is 41.3 Å². The highest BCUT2D eigenvalue weighted by molar-refractivity contribution is 5.79. The molecule has 4 nitrogen and oxygen atoms in total. The van der Waals surface area contributed by atoms with Crippen LogP contribution in [0.5, 0.6) is 0 Å². The third kappa shape index (κ3) is 6.36. The van der Waals surface area contributed by atoms with Gasteiger partial charge in [0.25, 0.3) is 0 Å². The molecule has 38 heavy (non-hydrogen) atoms. The molecule has 1 N–H and O–H groups in total. The number of unbranched alkanes of at least 4 members (excludes halogenated alkanes) is 7. The molecule has 218 valence electrons. The van der Waals surface area contributed by atoms with Gasteiger partial charge in [0, 0.05) is 32.9 Å². The summed E-state index contributed by atoms with van der Waals surface area (Å²) in [6.45, 7) is 8.05. The van der Waals surface area contributed by atoms with Crippen molar-refractivity contribution in [3.05, 3.63) is 0 Å². The first-order chi connectivity index (χ1) is 18.2. The third-order valence-electron chi connectivity index (χ3n) is 12.2. The highest BCUT2D eigenvalue weighted by Crippen LogP contribution is 2.68. The van der Waals surface area contributed by atoms with Crippen molar-refractivity contribution >= 4 is 11.7 Å². The fourth-order valence-corrected chi connectivity index (χ4v) is 9.98. The summed E-state index contributed by atoms with van der Waals surface area (Å²) < 4.78 is 0. The summed E-state index contributed by atoms with van der Waals surface area (Å²) in [5.74, 6) is 4.33. The molecule has 0 aromatic rings. The molecule has 0 heterocycles. The average molecular weight is 530 g/mol. The minimum atomic E-state index is -0.118. The monoisotopic (exact) mass is 529 g/mol. The van der Waals surface area contributed by atoms with Crippen LogP contribution in [0.2, 0.25) is 0 Å². The van der Waals surface area contributed by atoms with Crippen molar-refractivity contribution in [2.24, 2.45) is 40.4 Å². The maximum Gasteiger partial charge on any atom is 0.222 e. The molecular weight excluding hydrogens is 470 g/mol. The number of fused-ring (bicyclic) bond motifs is 5. The molecule has 4 heteroatoms. The van der Waals surface area contributed by atoms with E-state index in [9.17, 15) is 14.7 Å². The van der Waals surface area contributed by atoms with Crippen LogP contribution in [0.3, 0.4) is 0 Å². The van der Waals surface area contributed by atoms with Crippen LogP contribution in [0.15, 0.2) is 0 Å². The summed E-state index contributed by atoms with van der Waals surface area (Å²) in [5.41, 5.74) is 0.444. The average Bonchev–Trinajstić information content (AvgIpc) is 3.19. The summed E-state index contributed by atoms with van der Waals surface area (Å²) in [5, 5.41) is 11.1. The van der Waals surface area contributed by atoms with Crippen LogP contribution >= 0.6 is 0 Å². The topological polar surface area (TPSA) is 57.6 Å². The summed E-state index contributed by atoms with van der Waals surface area (Å²) in [7, 11) is 1.95. The molecule has 0 spiro atoms. The lowest BCUT2D eigenvalue weighted by atomic mass is 9.42. The Morgan fingerprint density at radius 3 is 2.39 bits per heavy atom. The normalized spacial score (nSPS) is 38.4.